The van der Waals surface area contributed by atoms with Crippen LogP contribution < -0.4 is 5.32 Å². The SMILES string of the molecule is CNC(c1ccc(F)cc1F)c1c(F)cc(F)cc1F. The Kier molecular flexibility index (Phi) is 4.04. The smallest absolute Gasteiger partial charge is 0.134 e. The fourth-order valence-corrected chi connectivity index (χ4v) is 2.02. The number of halogens is 5. The van der Waals surface area contributed by atoms with E-state index in [-0.39, 0.29) is 5.56 Å². The molecule has 0 spiro atoms. The predicted molar refractivity (Wildman–Crippen MR) is 63.6 cm³/mol. The topological polar surface area (TPSA) is 12.0 Å². The summed E-state index contributed by atoms with van der Waals surface area (Å²) >= 11 is 0. The number of hydrogen-bond donors (Lipinski definition) is 1. The van der Waals surface area contributed by atoms with Gasteiger partial charge in [-0.15, -0.1) is 0 Å². The van der Waals surface area contributed by atoms with Crippen molar-refractivity contribution in [2.24, 2.45) is 0 Å². The molecule has 1 atom stereocenters. The van der Waals surface area contributed by atoms with E-state index in [1.54, 1.807) is 0 Å². The summed E-state index contributed by atoms with van der Waals surface area (Å²) in [6.45, 7) is 0. The second-order valence-electron chi connectivity index (χ2n) is 4.17. The molecule has 0 saturated heterocycles. The van der Waals surface area contributed by atoms with Crippen molar-refractivity contribution in [1.82, 2.24) is 5.32 Å². The second-order valence-corrected chi connectivity index (χ2v) is 4.17. The Morgan fingerprint density at radius 2 is 1.35 bits per heavy atom. The Morgan fingerprint density at radius 3 is 1.85 bits per heavy atom. The molecule has 2 rings (SSSR count). The molecule has 0 saturated carbocycles. The van der Waals surface area contributed by atoms with Gasteiger partial charge in [0.15, 0.2) is 0 Å². The van der Waals surface area contributed by atoms with Crippen LogP contribution in [0.25, 0.3) is 0 Å². The quantitative estimate of drug-likeness (QED) is 0.849. The fourth-order valence-electron chi connectivity index (χ4n) is 2.02. The molecular formula is C14H10F5N. The molecule has 0 aliphatic rings. The van der Waals surface area contributed by atoms with Gasteiger partial charge in [0.05, 0.1) is 6.04 Å². The molecule has 6 heteroatoms. The molecule has 0 aliphatic heterocycles. The monoisotopic (exact) mass is 287 g/mol. The minimum Gasteiger partial charge on any atom is -0.309 e. The first-order chi connectivity index (χ1) is 9.43. The summed E-state index contributed by atoms with van der Waals surface area (Å²) in [6.07, 6.45) is 0. The summed E-state index contributed by atoms with van der Waals surface area (Å²) in [4.78, 5) is 0. The van der Waals surface area contributed by atoms with Gasteiger partial charge in [-0.05, 0) is 13.1 Å². The summed E-state index contributed by atoms with van der Waals surface area (Å²) in [6, 6.07) is 2.47. The van der Waals surface area contributed by atoms with E-state index < -0.39 is 40.7 Å². The van der Waals surface area contributed by atoms with E-state index in [0.29, 0.717) is 18.2 Å². The van der Waals surface area contributed by atoms with Crippen LogP contribution in [0.15, 0.2) is 30.3 Å². The first-order valence-corrected chi connectivity index (χ1v) is 5.70. The molecule has 2 aromatic rings. The predicted octanol–water partition coefficient (Wildman–Crippen LogP) is 3.69. The Hall–Kier alpha value is -1.95. The number of rotatable bonds is 3. The molecule has 20 heavy (non-hydrogen) atoms. The van der Waals surface area contributed by atoms with Crippen LogP contribution in [0, 0.1) is 29.1 Å². The van der Waals surface area contributed by atoms with Crippen molar-refractivity contribution >= 4 is 0 Å². The molecule has 2 aromatic carbocycles. The minimum atomic E-state index is -1.20. The summed E-state index contributed by atoms with van der Waals surface area (Å²) in [5.41, 5.74) is -0.669. The maximum Gasteiger partial charge on any atom is 0.134 e. The van der Waals surface area contributed by atoms with Crippen LogP contribution in [0.3, 0.4) is 0 Å². The highest BCUT2D eigenvalue weighted by atomic mass is 19.2. The first kappa shape index (κ1) is 14.5. The zero-order valence-electron chi connectivity index (χ0n) is 10.4. The lowest BCUT2D eigenvalue weighted by Crippen LogP contribution is -2.22. The van der Waals surface area contributed by atoms with Crippen molar-refractivity contribution < 1.29 is 22.0 Å². The van der Waals surface area contributed by atoms with Crippen LogP contribution in [0.2, 0.25) is 0 Å². The third kappa shape index (κ3) is 2.65. The molecular weight excluding hydrogens is 277 g/mol. The average Bonchev–Trinajstić information content (AvgIpc) is 2.34. The van der Waals surface area contributed by atoms with Gasteiger partial charge < -0.3 is 5.32 Å². The average molecular weight is 287 g/mol. The normalized spacial score (nSPS) is 12.5. The van der Waals surface area contributed by atoms with Crippen LogP contribution in [0.1, 0.15) is 17.2 Å². The Balaban J connectivity index is 2.58. The third-order valence-electron chi connectivity index (χ3n) is 2.89. The summed E-state index contributed by atoms with van der Waals surface area (Å²) < 4.78 is 66.9. The highest BCUT2D eigenvalue weighted by Gasteiger charge is 2.24. The van der Waals surface area contributed by atoms with Crippen molar-refractivity contribution in [3.8, 4) is 0 Å². The van der Waals surface area contributed by atoms with Crippen molar-refractivity contribution in [2.45, 2.75) is 6.04 Å². The van der Waals surface area contributed by atoms with Crippen LogP contribution in [-0.4, -0.2) is 7.05 Å². The van der Waals surface area contributed by atoms with Crippen molar-refractivity contribution in [2.75, 3.05) is 7.05 Å². The Morgan fingerprint density at radius 1 is 0.800 bits per heavy atom. The van der Waals surface area contributed by atoms with Crippen LogP contribution >= 0.6 is 0 Å². The van der Waals surface area contributed by atoms with E-state index >= 15 is 0 Å². The Bertz CT molecular complexity index is 618. The van der Waals surface area contributed by atoms with E-state index in [1.807, 2.05) is 0 Å². The van der Waals surface area contributed by atoms with Gasteiger partial charge in [0.25, 0.3) is 0 Å². The molecule has 1 nitrogen and oxygen atoms in total. The van der Waals surface area contributed by atoms with Gasteiger partial charge in [-0.25, -0.2) is 22.0 Å². The van der Waals surface area contributed by atoms with Crippen molar-refractivity contribution in [1.29, 1.82) is 0 Å². The number of nitrogens with one attached hydrogen (secondary N) is 1. The van der Waals surface area contributed by atoms with Crippen molar-refractivity contribution in [3.05, 3.63) is 70.5 Å². The molecule has 0 fully saturated rings. The summed E-state index contributed by atoms with van der Waals surface area (Å²) in [5.74, 6) is -5.12. The molecule has 0 aromatic heterocycles. The lowest BCUT2D eigenvalue weighted by molar-refractivity contribution is 0.489. The second kappa shape index (κ2) is 5.58. The molecule has 0 bridgehead atoms. The lowest BCUT2D eigenvalue weighted by atomic mass is 9.97. The molecule has 1 unspecified atom stereocenters. The van der Waals surface area contributed by atoms with Crippen LogP contribution in [0.4, 0.5) is 22.0 Å². The molecule has 0 radical (unpaired) electrons. The highest BCUT2D eigenvalue weighted by Crippen LogP contribution is 2.29. The van der Waals surface area contributed by atoms with Gasteiger partial charge >= 0.3 is 0 Å². The standard InChI is InChI=1S/C14H10F5N/c1-20-14(9-3-2-7(15)4-10(9)17)13-11(18)5-8(16)6-12(13)19/h2-6,14,20H,1H3. The molecule has 0 heterocycles. The van der Waals surface area contributed by atoms with E-state index in [4.69, 9.17) is 0 Å². The Labute approximate surface area is 112 Å². The highest BCUT2D eigenvalue weighted by molar-refractivity contribution is 5.35. The van der Waals surface area contributed by atoms with Gasteiger partial charge in [-0.1, -0.05) is 6.07 Å². The van der Waals surface area contributed by atoms with E-state index in [1.165, 1.54) is 7.05 Å². The number of hydrogen-bond acceptors (Lipinski definition) is 1. The number of benzene rings is 2. The fraction of sp³-hybridized carbons (Fsp3) is 0.143. The summed E-state index contributed by atoms with van der Waals surface area (Å²) in [7, 11) is 1.36. The minimum absolute atomic E-state index is 0.140. The van der Waals surface area contributed by atoms with Gasteiger partial charge in [0.2, 0.25) is 0 Å². The maximum atomic E-state index is 13.7. The van der Waals surface area contributed by atoms with Gasteiger partial charge in [-0.2, -0.15) is 0 Å². The maximum absolute atomic E-state index is 13.7. The lowest BCUT2D eigenvalue weighted by Gasteiger charge is -2.19. The van der Waals surface area contributed by atoms with Gasteiger partial charge in [0, 0.05) is 29.3 Å². The summed E-state index contributed by atoms with van der Waals surface area (Å²) in [5, 5.41) is 2.53. The molecule has 1 N–H and O–H groups in total. The van der Waals surface area contributed by atoms with E-state index in [0.717, 1.165) is 12.1 Å². The van der Waals surface area contributed by atoms with E-state index in [9.17, 15) is 22.0 Å². The molecule has 0 aliphatic carbocycles. The van der Waals surface area contributed by atoms with Crippen molar-refractivity contribution in [3.63, 3.8) is 0 Å². The van der Waals surface area contributed by atoms with Crippen LogP contribution in [0.5, 0.6) is 0 Å². The van der Waals surface area contributed by atoms with Crippen LogP contribution in [-0.2, 0) is 0 Å². The first-order valence-electron chi connectivity index (χ1n) is 5.70. The molecule has 0 amide bonds. The third-order valence-corrected chi connectivity index (χ3v) is 2.89. The van der Waals surface area contributed by atoms with Gasteiger partial charge in [0.1, 0.15) is 29.1 Å². The zero-order chi connectivity index (χ0) is 14.9. The molecule has 106 valence electrons. The van der Waals surface area contributed by atoms with E-state index in [2.05, 4.69) is 5.32 Å². The largest absolute Gasteiger partial charge is 0.309 e. The zero-order valence-corrected chi connectivity index (χ0v) is 10.4. The van der Waals surface area contributed by atoms with Gasteiger partial charge in [-0.3, -0.25) is 0 Å².